The number of benzene rings is 1. The molecule has 1 N–H and O–H groups in total. The zero-order valence-corrected chi connectivity index (χ0v) is 12.8. The van der Waals surface area contributed by atoms with Crippen LogP contribution in [0.3, 0.4) is 0 Å². The quantitative estimate of drug-likeness (QED) is 0.557. The second-order valence-corrected chi connectivity index (χ2v) is 5.45. The fourth-order valence-corrected chi connectivity index (χ4v) is 2.80. The van der Waals surface area contributed by atoms with Crippen LogP contribution in [0, 0.1) is 19.3 Å². The van der Waals surface area contributed by atoms with E-state index in [2.05, 4.69) is 20.0 Å². The summed E-state index contributed by atoms with van der Waals surface area (Å²) in [5, 5.41) is 7.36. The van der Waals surface area contributed by atoms with Gasteiger partial charge < -0.3 is 4.85 Å². The highest BCUT2D eigenvalue weighted by molar-refractivity contribution is 5.82. The molecule has 6 heteroatoms. The summed E-state index contributed by atoms with van der Waals surface area (Å²) in [6, 6.07) is 10.0. The molecule has 0 aliphatic carbocycles. The van der Waals surface area contributed by atoms with E-state index in [1.165, 1.54) is 12.1 Å². The van der Waals surface area contributed by atoms with Crippen molar-refractivity contribution in [2.45, 2.75) is 6.92 Å². The van der Waals surface area contributed by atoms with E-state index in [1.807, 2.05) is 25.3 Å². The van der Waals surface area contributed by atoms with Gasteiger partial charge in [-0.05, 0) is 37.3 Å². The molecule has 0 amide bonds. The van der Waals surface area contributed by atoms with Gasteiger partial charge in [0.25, 0.3) is 5.82 Å². The number of pyridine rings is 1. The second-order valence-electron chi connectivity index (χ2n) is 5.45. The molecule has 0 fully saturated rings. The average molecular weight is 317 g/mol. The lowest BCUT2D eigenvalue weighted by atomic mass is 10.0. The number of hydrogen-bond acceptors (Lipinski definition) is 2. The molecule has 0 unspecified atom stereocenters. The van der Waals surface area contributed by atoms with Crippen LogP contribution >= 0.6 is 0 Å². The number of imidazole rings is 1. The van der Waals surface area contributed by atoms with Crippen LogP contribution in [0.15, 0.2) is 48.8 Å². The highest BCUT2D eigenvalue weighted by Crippen LogP contribution is 2.33. The van der Waals surface area contributed by atoms with Gasteiger partial charge in [0.2, 0.25) is 5.65 Å². The number of H-pyrrole nitrogens is 1. The summed E-state index contributed by atoms with van der Waals surface area (Å²) < 4.78 is 14.9. The third kappa shape index (κ3) is 2.15. The van der Waals surface area contributed by atoms with Crippen molar-refractivity contribution < 1.29 is 4.39 Å². The zero-order valence-electron chi connectivity index (χ0n) is 12.8. The van der Waals surface area contributed by atoms with Crippen molar-refractivity contribution in [2.24, 2.45) is 0 Å². The number of hydrogen-bond donors (Lipinski definition) is 1. The van der Waals surface area contributed by atoms with Crippen LogP contribution in [-0.2, 0) is 0 Å². The Morgan fingerprint density at radius 2 is 1.88 bits per heavy atom. The van der Waals surface area contributed by atoms with Gasteiger partial charge >= 0.3 is 0 Å². The number of aryl methyl sites for hydroxylation is 1. The fourth-order valence-electron chi connectivity index (χ4n) is 2.80. The molecule has 0 spiro atoms. The van der Waals surface area contributed by atoms with Crippen LogP contribution < -0.4 is 0 Å². The van der Waals surface area contributed by atoms with Crippen molar-refractivity contribution in [3.8, 4) is 22.4 Å². The van der Waals surface area contributed by atoms with Gasteiger partial charge in [0, 0.05) is 28.5 Å². The van der Waals surface area contributed by atoms with E-state index in [4.69, 9.17) is 6.57 Å². The first-order valence-corrected chi connectivity index (χ1v) is 7.33. The monoisotopic (exact) mass is 317 g/mol. The first kappa shape index (κ1) is 14.2. The molecule has 24 heavy (non-hydrogen) atoms. The molecular weight excluding hydrogens is 305 g/mol. The normalized spacial score (nSPS) is 10.9. The molecule has 3 aromatic heterocycles. The fraction of sp³-hybridized carbons (Fsp3) is 0.0556. The van der Waals surface area contributed by atoms with E-state index >= 15 is 0 Å². The molecule has 0 atom stereocenters. The number of fused-ring (bicyclic) bond motifs is 1. The summed E-state index contributed by atoms with van der Waals surface area (Å²) in [4.78, 5) is 7.69. The number of aromatic nitrogens is 4. The van der Waals surface area contributed by atoms with Crippen LogP contribution in [0.4, 0.5) is 10.2 Å². The second kappa shape index (κ2) is 5.32. The average Bonchev–Trinajstić information content (AvgIpc) is 3.18. The van der Waals surface area contributed by atoms with Gasteiger partial charge in [-0.1, -0.05) is 6.57 Å². The Hall–Kier alpha value is -3.46. The Balaban J connectivity index is 1.92. The van der Waals surface area contributed by atoms with Crippen molar-refractivity contribution in [1.29, 1.82) is 0 Å². The molecule has 3 heterocycles. The molecule has 0 aliphatic rings. The first-order chi connectivity index (χ1) is 11.7. The summed E-state index contributed by atoms with van der Waals surface area (Å²) in [5.41, 5.74) is 5.03. The third-order valence-corrected chi connectivity index (χ3v) is 3.95. The molecule has 4 rings (SSSR count). The molecule has 0 saturated carbocycles. The van der Waals surface area contributed by atoms with E-state index < -0.39 is 0 Å². The molecule has 0 saturated heterocycles. The van der Waals surface area contributed by atoms with Gasteiger partial charge in [-0.15, -0.1) is 0 Å². The Morgan fingerprint density at radius 1 is 1.12 bits per heavy atom. The predicted molar refractivity (Wildman–Crippen MR) is 89.2 cm³/mol. The highest BCUT2D eigenvalue weighted by Gasteiger charge is 2.16. The van der Waals surface area contributed by atoms with Gasteiger partial charge in [0.15, 0.2) is 0 Å². The van der Waals surface area contributed by atoms with Gasteiger partial charge in [0.05, 0.1) is 12.4 Å². The summed E-state index contributed by atoms with van der Waals surface area (Å²) in [6.45, 7) is 9.17. The number of nitrogens with one attached hydrogen (secondary N) is 1. The maximum absolute atomic E-state index is 13.2. The molecule has 0 radical (unpaired) electrons. The topological polar surface area (TPSA) is 50.3 Å². The van der Waals surface area contributed by atoms with Crippen LogP contribution in [0.25, 0.3) is 32.9 Å². The van der Waals surface area contributed by atoms with Crippen LogP contribution in [0.2, 0.25) is 0 Å². The third-order valence-electron chi connectivity index (χ3n) is 3.95. The molecule has 0 aliphatic heterocycles. The maximum atomic E-state index is 13.2. The number of nitrogens with zero attached hydrogens (tertiary/aromatic N) is 4. The molecular formula is C18H12FN5. The summed E-state index contributed by atoms with van der Waals surface area (Å²) in [6.07, 6.45) is 3.43. The summed E-state index contributed by atoms with van der Waals surface area (Å²) >= 11 is 0. The Bertz CT molecular complexity index is 1080. The van der Waals surface area contributed by atoms with Crippen molar-refractivity contribution in [3.63, 3.8) is 0 Å². The highest BCUT2D eigenvalue weighted by atomic mass is 19.1. The van der Waals surface area contributed by atoms with Gasteiger partial charge in [0.1, 0.15) is 11.5 Å². The maximum Gasteiger partial charge on any atom is 0.254 e. The SMILES string of the molecule is [C-]#[N+]c1cnc2ccc(-c3c(-c4ccc(F)cc4)n[nH]c3C)cn12. The lowest BCUT2D eigenvalue weighted by Gasteiger charge is -2.05. The largest absolute Gasteiger partial charge is 0.362 e. The van der Waals surface area contributed by atoms with E-state index in [-0.39, 0.29) is 5.82 Å². The van der Waals surface area contributed by atoms with Gasteiger partial charge in [-0.25, -0.2) is 13.8 Å². The number of halogens is 1. The minimum absolute atomic E-state index is 0.283. The minimum Gasteiger partial charge on any atom is -0.362 e. The lowest BCUT2D eigenvalue weighted by Crippen LogP contribution is -1.89. The number of rotatable bonds is 2. The standard InChI is InChI=1S/C18H12FN5/c1-11-17(18(23-22-11)12-3-6-14(19)7-4-12)13-5-8-15-21-9-16(20-2)24(15)10-13/h3-10H,1H3,(H,22,23). The van der Waals surface area contributed by atoms with Crippen molar-refractivity contribution in [2.75, 3.05) is 0 Å². The smallest absolute Gasteiger partial charge is 0.254 e. The molecule has 116 valence electrons. The zero-order chi connectivity index (χ0) is 16.7. The number of aromatic amines is 1. The Labute approximate surface area is 137 Å². The lowest BCUT2D eigenvalue weighted by molar-refractivity contribution is 0.628. The summed E-state index contributed by atoms with van der Waals surface area (Å²) in [5.74, 6) is 0.172. The molecule has 5 nitrogen and oxygen atoms in total. The minimum atomic E-state index is -0.283. The van der Waals surface area contributed by atoms with E-state index in [0.717, 1.165) is 28.1 Å². The first-order valence-electron chi connectivity index (χ1n) is 7.33. The van der Waals surface area contributed by atoms with Crippen molar-refractivity contribution in [3.05, 3.63) is 71.7 Å². The Morgan fingerprint density at radius 3 is 2.62 bits per heavy atom. The van der Waals surface area contributed by atoms with Crippen molar-refractivity contribution in [1.82, 2.24) is 19.6 Å². The molecule has 0 bridgehead atoms. The summed E-state index contributed by atoms with van der Waals surface area (Å²) in [7, 11) is 0. The molecule has 4 aromatic rings. The van der Waals surface area contributed by atoms with Crippen LogP contribution in [-0.4, -0.2) is 19.6 Å². The predicted octanol–water partition coefficient (Wildman–Crippen LogP) is 4.39. The Kier molecular flexibility index (Phi) is 3.14. The van der Waals surface area contributed by atoms with Crippen molar-refractivity contribution >= 4 is 11.5 Å². The van der Waals surface area contributed by atoms with Gasteiger partial charge in [-0.2, -0.15) is 5.10 Å². The van der Waals surface area contributed by atoms with E-state index in [9.17, 15) is 4.39 Å². The van der Waals surface area contributed by atoms with E-state index in [1.54, 1.807) is 22.7 Å². The van der Waals surface area contributed by atoms with Crippen LogP contribution in [0.5, 0.6) is 0 Å². The van der Waals surface area contributed by atoms with E-state index in [0.29, 0.717) is 11.5 Å². The van der Waals surface area contributed by atoms with Crippen LogP contribution in [0.1, 0.15) is 5.69 Å². The molecule has 1 aromatic carbocycles. The van der Waals surface area contributed by atoms with Gasteiger partial charge in [-0.3, -0.25) is 5.10 Å².